The summed E-state index contributed by atoms with van der Waals surface area (Å²) in [6.45, 7) is 6.27. The maximum absolute atomic E-state index is 10.8. The van der Waals surface area contributed by atoms with Gasteiger partial charge in [0.05, 0.1) is 0 Å². The summed E-state index contributed by atoms with van der Waals surface area (Å²) >= 11 is 1.49. The first-order valence-electron chi connectivity index (χ1n) is 7.72. The van der Waals surface area contributed by atoms with E-state index in [1.807, 2.05) is 11.6 Å². The molecule has 0 aliphatic rings. The highest BCUT2D eigenvalue weighted by Crippen LogP contribution is 2.25. The number of anilines is 1. The van der Waals surface area contributed by atoms with Crippen molar-refractivity contribution in [3.63, 3.8) is 0 Å². The molecule has 0 spiro atoms. The van der Waals surface area contributed by atoms with Gasteiger partial charge in [0.2, 0.25) is 5.91 Å². The lowest BCUT2D eigenvalue weighted by atomic mass is 10.2. The number of nitrogens with two attached hydrogens (primary N) is 1. The second-order valence-electron chi connectivity index (χ2n) is 5.15. The average Bonchev–Trinajstić information content (AvgIpc) is 2.90. The van der Waals surface area contributed by atoms with Crippen LogP contribution < -0.4 is 10.6 Å². The van der Waals surface area contributed by atoms with Crippen molar-refractivity contribution in [1.29, 1.82) is 0 Å². The summed E-state index contributed by atoms with van der Waals surface area (Å²) in [5, 5.41) is 9.24. The molecular weight excluding hydrogens is 310 g/mol. The average molecular weight is 333 g/mol. The van der Waals surface area contributed by atoms with Crippen molar-refractivity contribution < 1.29 is 4.79 Å². The van der Waals surface area contributed by atoms with Crippen LogP contribution in [0, 0.1) is 0 Å². The fourth-order valence-corrected chi connectivity index (χ4v) is 3.21. The molecular formula is C16H23N5OS. The molecule has 0 fully saturated rings. The number of primary amides is 1. The summed E-state index contributed by atoms with van der Waals surface area (Å²) in [5.41, 5.74) is 7.38. The summed E-state index contributed by atoms with van der Waals surface area (Å²) in [5.74, 6) is 1.13. The van der Waals surface area contributed by atoms with Gasteiger partial charge in [-0.3, -0.25) is 4.79 Å². The maximum Gasteiger partial charge on any atom is 0.218 e. The van der Waals surface area contributed by atoms with E-state index in [9.17, 15) is 4.79 Å². The van der Waals surface area contributed by atoms with Gasteiger partial charge < -0.3 is 15.2 Å². The van der Waals surface area contributed by atoms with Crippen LogP contribution >= 0.6 is 11.8 Å². The highest BCUT2D eigenvalue weighted by Gasteiger charge is 2.12. The zero-order valence-corrected chi connectivity index (χ0v) is 14.6. The number of carbonyl (C=O) groups is 1. The monoisotopic (exact) mass is 333 g/mol. The zero-order valence-electron chi connectivity index (χ0n) is 13.8. The number of benzene rings is 1. The Labute approximate surface area is 141 Å². The predicted molar refractivity (Wildman–Crippen MR) is 94.5 cm³/mol. The minimum Gasteiger partial charge on any atom is -0.372 e. The molecule has 0 radical (unpaired) electrons. The number of nitrogens with zero attached hydrogens (tertiary/aromatic N) is 4. The Bertz CT molecular complexity index is 649. The van der Waals surface area contributed by atoms with E-state index in [1.165, 1.54) is 17.4 Å². The number of rotatable bonds is 8. The highest BCUT2D eigenvalue weighted by molar-refractivity contribution is 7.99. The summed E-state index contributed by atoms with van der Waals surface area (Å²) in [6.07, 6.45) is 0.339. The smallest absolute Gasteiger partial charge is 0.218 e. The first-order chi connectivity index (χ1) is 11.1. The van der Waals surface area contributed by atoms with Gasteiger partial charge in [0.15, 0.2) is 11.0 Å². The van der Waals surface area contributed by atoms with Crippen LogP contribution in [0.15, 0.2) is 29.4 Å². The van der Waals surface area contributed by atoms with Crippen LogP contribution in [0.2, 0.25) is 0 Å². The molecule has 0 aliphatic carbocycles. The van der Waals surface area contributed by atoms with E-state index >= 15 is 0 Å². The third-order valence-electron chi connectivity index (χ3n) is 3.67. The molecule has 23 heavy (non-hydrogen) atoms. The molecule has 0 atom stereocenters. The molecule has 2 rings (SSSR count). The van der Waals surface area contributed by atoms with Crippen molar-refractivity contribution in [3.8, 4) is 11.4 Å². The Balaban J connectivity index is 2.13. The van der Waals surface area contributed by atoms with Gasteiger partial charge in [-0.05, 0) is 38.1 Å². The summed E-state index contributed by atoms with van der Waals surface area (Å²) in [4.78, 5) is 13.1. The van der Waals surface area contributed by atoms with Gasteiger partial charge in [0.1, 0.15) is 0 Å². The largest absolute Gasteiger partial charge is 0.372 e. The summed E-state index contributed by atoms with van der Waals surface area (Å²) in [6, 6.07) is 8.35. The van der Waals surface area contributed by atoms with Gasteiger partial charge in [-0.1, -0.05) is 11.8 Å². The number of carbonyl (C=O) groups excluding carboxylic acids is 1. The quantitative estimate of drug-likeness (QED) is 0.750. The standard InChI is InChI=1S/C16H23N5OS/c1-4-21(5-2)13-8-6-12(7-9-13)15-18-19-16(20(15)3)23-11-10-14(17)22/h6-9H,4-5,10-11H2,1-3H3,(H2,17,22). The Morgan fingerprint density at radius 2 is 1.87 bits per heavy atom. The van der Waals surface area contributed by atoms with Crippen LogP contribution in [0.5, 0.6) is 0 Å². The molecule has 0 saturated carbocycles. The van der Waals surface area contributed by atoms with Crippen molar-refractivity contribution in [1.82, 2.24) is 14.8 Å². The number of amides is 1. The van der Waals surface area contributed by atoms with E-state index < -0.39 is 0 Å². The Hall–Kier alpha value is -2.02. The molecule has 0 bridgehead atoms. The lowest BCUT2D eigenvalue weighted by molar-refractivity contribution is -0.117. The first kappa shape index (κ1) is 17.3. The van der Waals surface area contributed by atoms with E-state index in [-0.39, 0.29) is 5.91 Å². The maximum atomic E-state index is 10.8. The van der Waals surface area contributed by atoms with E-state index in [0.717, 1.165) is 29.6 Å². The van der Waals surface area contributed by atoms with Gasteiger partial charge >= 0.3 is 0 Å². The van der Waals surface area contributed by atoms with Gasteiger partial charge in [0.25, 0.3) is 0 Å². The second kappa shape index (κ2) is 8.01. The number of hydrogen-bond donors (Lipinski definition) is 1. The molecule has 7 heteroatoms. The van der Waals surface area contributed by atoms with E-state index in [0.29, 0.717) is 12.2 Å². The van der Waals surface area contributed by atoms with Crippen LogP contribution in [0.3, 0.4) is 0 Å². The van der Waals surface area contributed by atoms with Crippen LogP contribution in [0.4, 0.5) is 5.69 Å². The number of aromatic nitrogens is 3. The van der Waals surface area contributed by atoms with E-state index in [2.05, 4.69) is 53.2 Å². The van der Waals surface area contributed by atoms with Crippen molar-refractivity contribution in [3.05, 3.63) is 24.3 Å². The highest BCUT2D eigenvalue weighted by atomic mass is 32.2. The molecule has 0 aliphatic heterocycles. The minimum absolute atomic E-state index is 0.299. The van der Waals surface area contributed by atoms with E-state index in [1.54, 1.807) is 0 Å². The minimum atomic E-state index is -0.299. The summed E-state index contributed by atoms with van der Waals surface area (Å²) < 4.78 is 1.94. The van der Waals surface area contributed by atoms with Crippen molar-refractivity contribution in [2.75, 3.05) is 23.7 Å². The fourth-order valence-electron chi connectivity index (χ4n) is 2.34. The third-order valence-corrected chi connectivity index (χ3v) is 4.69. The number of thioether (sulfide) groups is 1. The third kappa shape index (κ3) is 4.25. The van der Waals surface area contributed by atoms with Gasteiger partial charge in [-0.25, -0.2) is 0 Å². The zero-order chi connectivity index (χ0) is 16.8. The van der Waals surface area contributed by atoms with Gasteiger partial charge in [-0.15, -0.1) is 10.2 Å². The van der Waals surface area contributed by atoms with Crippen molar-refractivity contribution >= 4 is 23.4 Å². The van der Waals surface area contributed by atoms with Crippen LogP contribution in [0.1, 0.15) is 20.3 Å². The SMILES string of the molecule is CCN(CC)c1ccc(-c2nnc(SCCC(N)=O)n2C)cc1. The normalized spacial score (nSPS) is 10.7. The summed E-state index contributed by atoms with van der Waals surface area (Å²) in [7, 11) is 1.93. The van der Waals surface area contributed by atoms with Crippen LogP contribution in [-0.2, 0) is 11.8 Å². The molecule has 1 aromatic carbocycles. The topological polar surface area (TPSA) is 77.0 Å². The Kier molecular flexibility index (Phi) is 6.04. The van der Waals surface area contributed by atoms with Crippen LogP contribution in [-0.4, -0.2) is 39.5 Å². The van der Waals surface area contributed by atoms with Crippen molar-refractivity contribution in [2.24, 2.45) is 12.8 Å². The molecule has 1 heterocycles. The second-order valence-corrected chi connectivity index (χ2v) is 6.21. The molecule has 0 unspecified atom stereocenters. The molecule has 2 aromatic rings. The molecule has 6 nitrogen and oxygen atoms in total. The molecule has 2 N–H and O–H groups in total. The Morgan fingerprint density at radius 3 is 2.43 bits per heavy atom. The first-order valence-corrected chi connectivity index (χ1v) is 8.71. The lowest BCUT2D eigenvalue weighted by Crippen LogP contribution is -2.21. The lowest BCUT2D eigenvalue weighted by Gasteiger charge is -2.21. The fraction of sp³-hybridized carbons (Fsp3) is 0.438. The molecule has 0 saturated heterocycles. The van der Waals surface area contributed by atoms with Gasteiger partial charge in [-0.2, -0.15) is 0 Å². The van der Waals surface area contributed by atoms with Crippen molar-refractivity contribution in [2.45, 2.75) is 25.4 Å². The molecule has 1 amide bonds. The molecule has 124 valence electrons. The van der Waals surface area contributed by atoms with E-state index in [4.69, 9.17) is 5.73 Å². The van der Waals surface area contributed by atoms with Gasteiger partial charge in [0, 0.05) is 43.6 Å². The van der Waals surface area contributed by atoms with Crippen LogP contribution in [0.25, 0.3) is 11.4 Å². The number of hydrogen-bond acceptors (Lipinski definition) is 5. The molecule has 1 aromatic heterocycles. The Morgan fingerprint density at radius 1 is 1.22 bits per heavy atom. The predicted octanol–water partition coefficient (Wildman–Crippen LogP) is 2.30.